The largest absolute Gasteiger partial charge is 0.493 e. The lowest BCUT2D eigenvalue weighted by Crippen LogP contribution is -2.39. The van der Waals surface area contributed by atoms with Gasteiger partial charge in [-0.05, 0) is 42.8 Å². The van der Waals surface area contributed by atoms with Crippen molar-refractivity contribution in [3.63, 3.8) is 0 Å². The third-order valence-electron chi connectivity index (χ3n) is 5.36. The summed E-state index contributed by atoms with van der Waals surface area (Å²) in [6, 6.07) is 5.98. The molecule has 4 rings (SSSR count). The number of carbonyl (C=O) groups is 1. The lowest BCUT2D eigenvalue weighted by Gasteiger charge is -2.30. The van der Waals surface area contributed by atoms with Crippen molar-refractivity contribution in [2.45, 2.75) is 19.8 Å². The Morgan fingerprint density at radius 2 is 1.84 bits per heavy atom. The van der Waals surface area contributed by atoms with E-state index in [0.29, 0.717) is 17.2 Å². The van der Waals surface area contributed by atoms with E-state index >= 15 is 0 Å². The van der Waals surface area contributed by atoms with Gasteiger partial charge in [-0.1, -0.05) is 6.07 Å². The van der Waals surface area contributed by atoms with Gasteiger partial charge in [-0.25, -0.2) is 5.43 Å². The average molecular weight is 340 g/mol. The molecule has 25 heavy (non-hydrogen) atoms. The third-order valence-corrected chi connectivity index (χ3v) is 5.36. The molecule has 1 unspecified atom stereocenters. The van der Waals surface area contributed by atoms with E-state index in [9.17, 15) is 4.79 Å². The van der Waals surface area contributed by atoms with Crippen LogP contribution in [-0.4, -0.2) is 32.9 Å². The van der Waals surface area contributed by atoms with Crippen LogP contribution in [0.1, 0.15) is 24.5 Å². The standard InChI is InChI=1S/C19H20N2O4/c1-19-8-7-10-12(17(19)20-21-18(19)22)6-5-11-13(10)9-14(23-2)16(25-4)15(11)24-3/h5-6,9H,7-8H2,1-4H3,(H,21,22). The first-order valence-corrected chi connectivity index (χ1v) is 8.18. The first-order chi connectivity index (χ1) is 12.0. The summed E-state index contributed by atoms with van der Waals surface area (Å²) in [5.41, 5.74) is 5.06. The number of aryl methyl sites for hydroxylation is 1. The van der Waals surface area contributed by atoms with E-state index in [1.165, 1.54) is 0 Å². The smallest absolute Gasteiger partial charge is 0.252 e. The SMILES string of the molecule is COc1cc2c3c(ccc2c(OC)c1OC)C1=NNC(=O)C1(C)CC3. The quantitative estimate of drug-likeness (QED) is 0.933. The molecule has 6 nitrogen and oxygen atoms in total. The maximum Gasteiger partial charge on any atom is 0.252 e. The first-order valence-electron chi connectivity index (χ1n) is 8.18. The molecule has 0 fully saturated rings. The number of hydrogen-bond acceptors (Lipinski definition) is 5. The van der Waals surface area contributed by atoms with Gasteiger partial charge in [-0.3, -0.25) is 4.79 Å². The summed E-state index contributed by atoms with van der Waals surface area (Å²) in [6.45, 7) is 1.95. The van der Waals surface area contributed by atoms with Crippen molar-refractivity contribution in [3.05, 3.63) is 29.3 Å². The minimum absolute atomic E-state index is 0.0295. The second-order valence-electron chi connectivity index (χ2n) is 6.57. The minimum atomic E-state index is -0.554. The van der Waals surface area contributed by atoms with Crippen LogP contribution >= 0.6 is 0 Å². The zero-order valence-corrected chi connectivity index (χ0v) is 14.7. The van der Waals surface area contributed by atoms with Gasteiger partial charge in [0.15, 0.2) is 11.5 Å². The number of amides is 1. The highest BCUT2D eigenvalue weighted by molar-refractivity contribution is 6.22. The van der Waals surface area contributed by atoms with Gasteiger partial charge < -0.3 is 14.2 Å². The van der Waals surface area contributed by atoms with Crippen LogP contribution in [-0.2, 0) is 11.2 Å². The molecule has 0 saturated heterocycles. The number of ether oxygens (including phenoxy) is 3. The van der Waals surface area contributed by atoms with Crippen molar-refractivity contribution in [1.82, 2.24) is 5.43 Å². The summed E-state index contributed by atoms with van der Waals surface area (Å²) in [6.07, 6.45) is 1.51. The van der Waals surface area contributed by atoms with Crippen LogP contribution in [0.4, 0.5) is 0 Å². The third kappa shape index (κ3) is 1.97. The Bertz CT molecular complexity index is 935. The van der Waals surface area contributed by atoms with Crippen molar-refractivity contribution in [1.29, 1.82) is 0 Å². The van der Waals surface area contributed by atoms with Crippen LogP contribution in [0, 0.1) is 5.41 Å². The van der Waals surface area contributed by atoms with Crippen LogP contribution < -0.4 is 19.6 Å². The number of hydrazone groups is 1. The molecule has 2 aromatic rings. The molecule has 1 amide bonds. The molecule has 0 radical (unpaired) electrons. The summed E-state index contributed by atoms with van der Waals surface area (Å²) in [4.78, 5) is 12.2. The Kier molecular flexibility index (Phi) is 3.39. The van der Waals surface area contributed by atoms with Crippen molar-refractivity contribution in [3.8, 4) is 17.2 Å². The van der Waals surface area contributed by atoms with Crippen molar-refractivity contribution >= 4 is 22.4 Å². The number of nitrogens with zero attached hydrogens (tertiary/aromatic N) is 1. The van der Waals surface area contributed by atoms with Gasteiger partial charge in [0.1, 0.15) is 0 Å². The lowest BCUT2D eigenvalue weighted by atomic mass is 9.70. The predicted octanol–water partition coefficient (Wildman–Crippen LogP) is 2.65. The monoisotopic (exact) mass is 340 g/mol. The van der Waals surface area contributed by atoms with Gasteiger partial charge in [0.2, 0.25) is 5.75 Å². The highest BCUT2D eigenvalue weighted by Crippen LogP contribution is 2.47. The van der Waals surface area contributed by atoms with Gasteiger partial charge in [0.05, 0.1) is 32.5 Å². The molecular weight excluding hydrogens is 320 g/mol. The van der Waals surface area contributed by atoms with E-state index in [1.54, 1.807) is 21.3 Å². The van der Waals surface area contributed by atoms with E-state index in [-0.39, 0.29) is 5.91 Å². The molecule has 1 heterocycles. The summed E-state index contributed by atoms with van der Waals surface area (Å²) in [5, 5.41) is 6.30. The molecule has 0 bridgehead atoms. The minimum Gasteiger partial charge on any atom is -0.493 e. The first kappa shape index (κ1) is 15.7. The molecule has 2 aliphatic rings. The Balaban J connectivity index is 2.02. The highest BCUT2D eigenvalue weighted by atomic mass is 16.5. The molecule has 6 heteroatoms. The Morgan fingerprint density at radius 3 is 2.52 bits per heavy atom. The molecule has 2 aromatic carbocycles. The van der Waals surface area contributed by atoms with Gasteiger partial charge >= 0.3 is 0 Å². The maximum absolute atomic E-state index is 12.2. The zero-order valence-electron chi connectivity index (χ0n) is 14.7. The second kappa shape index (κ2) is 5.37. The molecule has 1 atom stereocenters. The summed E-state index contributed by atoms with van der Waals surface area (Å²) < 4.78 is 16.6. The van der Waals surface area contributed by atoms with Gasteiger partial charge in [-0.2, -0.15) is 5.10 Å². The molecule has 0 saturated carbocycles. The van der Waals surface area contributed by atoms with Crippen LogP contribution in [0.25, 0.3) is 10.8 Å². The van der Waals surface area contributed by atoms with Crippen LogP contribution in [0.2, 0.25) is 0 Å². The topological polar surface area (TPSA) is 69.2 Å². The summed E-state index contributed by atoms with van der Waals surface area (Å²) in [5.74, 6) is 1.82. The summed E-state index contributed by atoms with van der Waals surface area (Å²) in [7, 11) is 4.83. The Labute approximate surface area is 145 Å². The number of hydrogen-bond donors (Lipinski definition) is 1. The van der Waals surface area contributed by atoms with Crippen LogP contribution in [0.5, 0.6) is 17.2 Å². The normalized spacial score (nSPS) is 21.3. The van der Waals surface area contributed by atoms with Crippen molar-refractivity contribution < 1.29 is 19.0 Å². The van der Waals surface area contributed by atoms with Gasteiger partial charge in [-0.15, -0.1) is 0 Å². The van der Waals surface area contributed by atoms with E-state index in [0.717, 1.165) is 40.5 Å². The molecule has 130 valence electrons. The fourth-order valence-corrected chi connectivity index (χ4v) is 3.92. The van der Waals surface area contributed by atoms with Gasteiger partial charge in [0.25, 0.3) is 5.91 Å². The Hall–Kier alpha value is -2.76. The van der Waals surface area contributed by atoms with Crippen molar-refractivity contribution in [2.24, 2.45) is 10.5 Å². The number of rotatable bonds is 3. The summed E-state index contributed by atoms with van der Waals surface area (Å²) >= 11 is 0. The fraction of sp³-hybridized carbons (Fsp3) is 0.368. The maximum atomic E-state index is 12.2. The number of benzene rings is 2. The van der Waals surface area contributed by atoms with Crippen LogP contribution in [0.3, 0.4) is 0 Å². The number of nitrogens with one attached hydrogen (secondary N) is 1. The molecule has 1 aliphatic heterocycles. The average Bonchev–Trinajstić information content (AvgIpc) is 2.94. The highest BCUT2D eigenvalue weighted by Gasteiger charge is 2.46. The number of fused-ring (bicyclic) bond motifs is 5. The van der Waals surface area contributed by atoms with Gasteiger partial charge in [0, 0.05) is 10.9 Å². The number of carbonyl (C=O) groups excluding carboxylic acids is 1. The molecule has 1 aliphatic carbocycles. The molecule has 1 N–H and O–H groups in total. The van der Waals surface area contributed by atoms with Crippen molar-refractivity contribution in [2.75, 3.05) is 21.3 Å². The van der Waals surface area contributed by atoms with E-state index in [1.807, 2.05) is 25.1 Å². The Morgan fingerprint density at radius 1 is 1.08 bits per heavy atom. The van der Waals surface area contributed by atoms with E-state index < -0.39 is 5.41 Å². The zero-order chi connectivity index (χ0) is 17.8. The molecular formula is C19H20N2O4. The molecule has 0 spiro atoms. The van der Waals surface area contributed by atoms with E-state index in [4.69, 9.17) is 14.2 Å². The molecule has 0 aromatic heterocycles. The van der Waals surface area contributed by atoms with Crippen LogP contribution in [0.15, 0.2) is 23.3 Å². The van der Waals surface area contributed by atoms with E-state index in [2.05, 4.69) is 10.5 Å². The second-order valence-corrected chi connectivity index (χ2v) is 6.57. The fourth-order valence-electron chi connectivity index (χ4n) is 3.92. The number of methoxy groups -OCH3 is 3. The lowest BCUT2D eigenvalue weighted by molar-refractivity contribution is -0.125. The predicted molar refractivity (Wildman–Crippen MR) is 94.7 cm³/mol.